The van der Waals surface area contributed by atoms with Gasteiger partial charge in [-0.2, -0.15) is 0 Å². The van der Waals surface area contributed by atoms with Crippen molar-refractivity contribution in [1.82, 2.24) is 44.9 Å². The Balaban J connectivity index is 0.000000132. The first-order valence-electron chi connectivity index (χ1n) is 30.7. The molecule has 18 heteroatoms. The van der Waals surface area contributed by atoms with E-state index in [9.17, 15) is 26.3 Å². The minimum absolute atomic E-state index is 0.0386. The van der Waals surface area contributed by atoms with Crippen molar-refractivity contribution in [2.75, 3.05) is 16.0 Å². The molecule has 93 heavy (non-hydrogen) atoms. The molecular weight excluding hydrogens is 1180 g/mol. The van der Waals surface area contributed by atoms with Crippen LogP contribution >= 0.6 is 0 Å². The standard InChI is InChI=1S/C32H24F4N4.C25H20F2N4.C18H16N4/c33-27-8-2-9-28(34)25(27)18-40(19-26-29(35)10-3-11-30(26)36)23-12-13-24-20(15-23)5-1-6-21-17-38-32(39-31(21)24)22-7-4-14-37-16-22;26-22-7-2-8-23(27)21(22)15-29-19-9-10-20-16(12-19)4-1-5-17-14-30-25(31-24(17)20)18-6-3-11-28-13-18;19-15-6-7-16-12(9-15)3-1-4-13-11-21-18(22-17(13)16)14-5-2-8-20-10-14/h2-4,7-17H,1,5-6,18-19H2;2-3,6-14,29H,1,4-5,15H2;2,5-11H,1,3-4,19H2. The van der Waals surface area contributed by atoms with Crippen LogP contribution in [0.5, 0.6) is 0 Å². The predicted octanol–water partition coefficient (Wildman–Crippen LogP) is 16.3. The van der Waals surface area contributed by atoms with E-state index in [4.69, 9.17) is 20.7 Å². The number of nitrogen functional groups attached to an aromatic ring is 1. The van der Waals surface area contributed by atoms with Gasteiger partial charge in [0.25, 0.3) is 0 Å². The van der Waals surface area contributed by atoms with Crippen LogP contribution in [-0.2, 0) is 58.2 Å². The molecule has 0 saturated carbocycles. The zero-order chi connectivity index (χ0) is 63.8. The molecule has 6 heterocycles. The number of hydrogen-bond donors (Lipinski definition) is 2. The molecule has 462 valence electrons. The molecule has 0 bridgehead atoms. The van der Waals surface area contributed by atoms with Gasteiger partial charge in [-0.3, -0.25) is 15.0 Å². The Kier molecular flexibility index (Phi) is 18.1. The van der Waals surface area contributed by atoms with Crippen LogP contribution in [0.1, 0.15) is 69.3 Å². The van der Waals surface area contributed by atoms with Crippen molar-refractivity contribution in [2.45, 2.75) is 77.4 Å². The number of pyridine rings is 3. The second-order valence-electron chi connectivity index (χ2n) is 22.9. The third-order valence-corrected chi connectivity index (χ3v) is 16.8. The van der Waals surface area contributed by atoms with Crippen molar-refractivity contribution < 1.29 is 26.3 Å². The number of aromatic nitrogens is 9. The lowest BCUT2D eigenvalue weighted by molar-refractivity contribution is 0.534. The van der Waals surface area contributed by atoms with Crippen LogP contribution in [0.3, 0.4) is 0 Å². The molecule has 12 aromatic rings. The second-order valence-corrected chi connectivity index (χ2v) is 22.9. The predicted molar refractivity (Wildman–Crippen MR) is 349 cm³/mol. The summed E-state index contributed by atoms with van der Waals surface area (Å²) in [6.07, 6.45) is 24.4. The molecule has 0 unspecified atom stereocenters. The molecule has 0 aliphatic heterocycles. The van der Waals surface area contributed by atoms with Crippen LogP contribution in [-0.4, -0.2) is 44.9 Å². The number of nitrogens with two attached hydrogens (primary N) is 1. The summed E-state index contributed by atoms with van der Waals surface area (Å²) in [5.41, 5.74) is 23.2. The van der Waals surface area contributed by atoms with Crippen LogP contribution < -0.4 is 16.0 Å². The van der Waals surface area contributed by atoms with E-state index >= 15 is 0 Å². The number of hydrogen-bond acceptors (Lipinski definition) is 12. The number of nitrogens with zero attached hydrogens (tertiary/aromatic N) is 10. The molecule has 3 aliphatic carbocycles. The topological polar surface area (TPSA) is 157 Å². The maximum absolute atomic E-state index is 14.7. The van der Waals surface area contributed by atoms with Gasteiger partial charge in [0.1, 0.15) is 34.9 Å². The van der Waals surface area contributed by atoms with Gasteiger partial charge in [0.15, 0.2) is 17.5 Å². The third kappa shape index (κ3) is 13.7. The monoisotopic (exact) mass is 1240 g/mol. The van der Waals surface area contributed by atoms with Crippen LogP contribution in [0, 0.1) is 34.9 Å². The summed E-state index contributed by atoms with van der Waals surface area (Å²) in [4.78, 5) is 42.2. The van der Waals surface area contributed by atoms with E-state index in [2.05, 4.69) is 53.4 Å². The van der Waals surface area contributed by atoms with Crippen molar-refractivity contribution in [3.05, 3.63) is 286 Å². The average Bonchev–Trinajstić information content (AvgIpc) is 1.89. The van der Waals surface area contributed by atoms with Gasteiger partial charge in [0, 0.05) is 143 Å². The van der Waals surface area contributed by atoms with Gasteiger partial charge in [0.2, 0.25) is 0 Å². The molecule has 0 spiro atoms. The van der Waals surface area contributed by atoms with E-state index in [1.165, 1.54) is 71.3 Å². The lowest BCUT2D eigenvalue weighted by Crippen LogP contribution is -2.25. The zero-order valence-corrected chi connectivity index (χ0v) is 50.4. The minimum Gasteiger partial charge on any atom is -0.399 e. The lowest BCUT2D eigenvalue weighted by Gasteiger charge is -2.27. The molecule has 12 nitrogen and oxygen atoms in total. The van der Waals surface area contributed by atoms with Gasteiger partial charge in [-0.25, -0.2) is 56.2 Å². The number of benzene rings is 6. The summed E-state index contributed by atoms with van der Waals surface area (Å²) in [7, 11) is 0. The number of anilines is 3. The number of halogens is 6. The van der Waals surface area contributed by atoms with Crippen LogP contribution in [0.2, 0.25) is 0 Å². The molecule has 6 aromatic heterocycles. The van der Waals surface area contributed by atoms with E-state index < -0.39 is 34.9 Å². The highest BCUT2D eigenvalue weighted by atomic mass is 19.2. The summed E-state index contributed by atoms with van der Waals surface area (Å²) in [5, 5.41) is 3.15. The Morgan fingerprint density at radius 3 is 1.17 bits per heavy atom. The minimum atomic E-state index is -0.720. The van der Waals surface area contributed by atoms with Crippen LogP contribution in [0.25, 0.3) is 67.9 Å². The third-order valence-electron chi connectivity index (χ3n) is 16.8. The molecule has 15 rings (SSSR count). The Hall–Kier alpha value is -11.0. The maximum Gasteiger partial charge on any atom is 0.161 e. The molecule has 6 aromatic carbocycles. The highest BCUT2D eigenvalue weighted by Crippen LogP contribution is 2.38. The summed E-state index contributed by atoms with van der Waals surface area (Å²) in [5.74, 6) is -2.04. The van der Waals surface area contributed by atoms with Gasteiger partial charge >= 0.3 is 0 Å². The van der Waals surface area contributed by atoms with E-state index in [0.717, 1.165) is 142 Å². The first kappa shape index (κ1) is 60.9. The van der Waals surface area contributed by atoms with E-state index in [0.29, 0.717) is 17.3 Å². The fourth-order valence-corrected chi connectivity index (χ4v) is 12.1. The lowest BCUT2D eigenvalue weighted by atomic mass is 10.00. The van der Waals surface area contributed by atoms with Gasteiger partial charge < -0.3 is 16.0 Å². The number of aryl methyl sites for hydroxylation is 6. The zero-order valence-electron chi connectivity index (χ0n) is 50.4. The summed E-state index contributed by atoms with van der Waals surface area (Å²) in [6, 6.07) is 40.4. The van der Waals surface area contributed by atoms with E-state index in [1.807, 2.05) is 85.3 Å². The van der Waals surface area contributed by atoms with Gasteiger partial charge in [-0.1, -0.05) is 36.4 Å². The van der Waals surface area contributed by atoms with Crippen LogP contribution in [0.4, 0.5) is 43.4 Å². The molecule has 0 saturated heterocycles. The highest BCUT2D eigenvalue weighted by molar-refractivity contribution is 5.75. The number of nitrogens with one attached hydrogen (secondary N) is 1. The Labute approximate surface area is 533 Å². The summed E-state index contributed by atoms with van der Waals surface area (Å²) < 4.78 is 86.5. The quantitative estimate of drug-likeness (QED) is 0.0934. The summed E-state index contributed by atoms with van der Waals surface area (Å²) in [6.45, 7) is -0.342. The van der Waals surface area contributed by atoms with E-state index in [1.54, 1.807) is 48.1 Å². The smallest absolute Gasteiger partial charge is 0.161 e. The molecule has 0 fully saturated rings. The number of fused-ring (bicyclic) bond motifs is 9. The molecule has 0 atom stereocenters. The van der Waals surface area contributed by atoms with Crippen molar-refractivity contribution in [1.29, 1.82) is 0 Å². The van der Waals surface area contributed by atoms with Crippen molar-refractivity contribution in [3.63, 3.8) is 0 Å². The number of rotatable bonds is 11. The fourth-order valence-electron chi connectivity index (χ4n) is 12.1. The Morgan fingerprint density at radius 2 is 0.753 bits per heavy atom. The van der Waals surface area contributed by atoms with Crippen molar-refractivity contribution in [3.8, 4) is 67.9 Å². The molecule has 0 amide bonds. The first-order chi connectivity index (χ1) is 45.5. The van der Waals surface area contributed by atoms with E-state index in [-0.39, 0.29) is 36.3 Å². The Bertz CT molecular complexity index is 4560. The molecule has 0 radical (unpaired) electrons. The normalized spacial score (nSPS) is 12.6. The van der Waals surface area contributed by atoms with Gasteiger partial charge in [-0.05, 0) is 200 Å². The molecule has 3 aliphatic rings. The Morgan fingerprint density at radius 1 is 0.376 bits per heavy atom. The molecular formula is C75H60F6N12. The average molecular weight is 1240 g/mol. The summed E-state index contributed by atoms with van der Waals surface area (Å²) >= 11 is 0. The second kappa shape index (κ2) is 27.6. The maximum atomic E-state index is 14.7. The molecule has 3 N–H and O–H groups in total. The van der Waals surface area contributed by atoms with Gasteiger partial charge in [-0.15, -0.1) is 0 Å². The SMILES string of the molecule is Fc1cccc(F)c1CN(Cc1c(F)cccc1F)c1ccc2c(c1)CCCc1cnc(-c3cccnc3)nc1-2.Fc1cccc(F)c1CNc1ccc2c(c1)CCCc1cnc(-c3cccnc3)nc1-2.Nc1ccc2c(c1)CCCc1cnc(-c3cccnc3)nc1-2. The van der Waals surface area contributed by atoms with Gasteiger partial charge in [0.05, 0.1) is 17.1 Å². The highest BCUT2D eigenvalue weighted by Gasteiger charge is 2.25. The largest absolute Gasteiger partial charge is 0.399 e. The van der Waals surface area contributed by atoms with Crippen LogP contribution in [0.15, 0.2) is 201 Å². The van der Waals surface area contributed by atoms with Crippen molar-refractivity contribution in [2.24, 2.45) is 0 Å². The first-order valence-corrected chi connectivity index (χ1v) is 30.7. The fraction of sp³-hybridized carbons (Fsp3) is 0.160. The van der Waals surface area contributed by atoms with Crippen molar-refractivity contribution >= 4 is 17.1 Å².